The maximum absolute atomic E-state index is 13.3. The van der Waals surface area contributed by atoms with Crippen LogP contribution in [-0.4, -0.2) is 54.6 Å². The normalized spacial score (nSPS) is 28.9. The van der Waals surface area contributed by atoms with Crippen molar-refractivity contribution in [1.29, 1.82) is 0 Å². The fraction of sp³-hybridized carbons (Fsp3) is 0.818. The third-order valence-electron chi connectivity index (χ3n) is 5.97. The molecule has 1 saturated heterocycles. The highest BCUT2D eigenvalue weighted by molar-refractivity contribution is 5.94. The molecule has 31 heavy (non-hydrogen) atoms. The Labute approximate surface area is 184 Å². The van der Waals surface area contributed by atoms with Crippen LogP contribution in [0, 0.1) is 17.3 Å². The van der Waals surface area contributed by atoms with Crippen molar-refractivity contribution in [2.45, 2.75) is 83.9 Å². The molecule has 1 saturated carbocycles. The number of carbonyl (C=O) groups is 4. The smallest absolute Gasteiger partial charge is 0.328 e. The van der Waals surface area contributed by atoms with E-state index in [2.05, 4.69) is 10.6 Å². The third-order valence-corrected chi connectivity index (χ3v) is 5.97. The van der Waals surface area contributed by atoms with Gasteiger partial charge < -0.3 is 25.8 Å². The van der Waals surface area contributed by atoms with Crippen LogP contribution in [0.1, 0.15) is 66.7 Å². The maximum atomic E-state index is 13.3. The van der Waals surface area contributed by atoms with Crippen LogP contribution in [0.5, 0.6) is 0 Å². The maximum Gasteiger partial charge on any atom is 0.328 e. The molecule has 0 aromatic carbocycles. The molecule has 2 rings (SSSR count). The van der Waals surface area contributed by atoms with Crippen molar-refractivity contribution in [3.05, 3.63) is 0 Å². The van der Waals surface area contributed by atoms with Crippen molar-refractivity contribution in [1.82, 2.24) is 10.6 Å². The second kappa shape index (κ2) is 9.14. The van der Waals surface area contributed by atoms with Crippen LogP contribution in [0.25, 0.3) is 0 Å². The van der Waals surface area contributed by atoms with Gasteiger partial charge in [0, 0.05) is 12.5 Å². The van der Waals surface area contributed by atoms with Gasteiger partial charge in [-0.3, -0.25) is 14.4 Å². The van der Waals surface area contributed by atoms with E-state index in [1.54, 1.807) is 20.8 Å². The van der Waals surface area contributed by atoms with Crippen molar-refractivity contribution in [2.24, 2.45) is 23.0 Å². The summed E-state index contributed by atoms with van der Waals surface area (Å²) in [5, 5.41) is 5.49. The molecule has 9 heteroatoms. The number of ether oxygens (including phenoxy) is 2. The second-order valence-corrected chi connectivity index (χ2v) is 10.6. The molecule has 0 spiro atoms. The van der Waals surface area contributed by atoms with Crippen LogP contribution in [0.4, 0.5) is 0 Å². The molecule has 0 bridgehead atoms. The van der Waals surface area contributed by atoms with Gasteiger partial charge in [0.05, 0.1) is 13.0 Å². The monoisotopic (exact) mass is 439 g/mol. The van der Waals surface area contributed by atoms with E-state index in [-0.39, 0.29) is 24.2 Å². The number of nitrogens with one attached hydrogen (secondary N) is 2. The van der Waals surface area contributed by atoms with Crippen LogP contribution < -0.4 is 16.4 Å². The van der Waals surface area contributed by atoms with Gasteiger partial charge in [0.2, 0.25) is 11.8 Å². The number of piperidine rings is 1. The first kappa shape index (κ1) is 25.1. The average Bonchev–Trinajstić information content (AvgIpc) is 2.91. The molecule has 2 fully saturated rings. The standard InChI is InChI=1S/C22H37N3O6/c1-20(2,3)31-19(29)22(23)12-21(4,5)11-14(22)17(27)25-15(18(28)30-6)10-13-8-7-9-24-16(13)26/h13-15H,7-12,23H2,1-6H3,(H,24,26)(H,25,27)/t13-,14-,15-,22+/m0/s1. The van der Waals surface area contributed by atoms with Crippen LogP contribution in [0.3, 0.4) is 0 Å². The summed E-state index contributed by atoms with van der Waals surface area (Å²) < 4.78 is 10.4. The van der Waals surface area contributed by atoms with Crippen LogP contribution in [0.2, 0.25) is 0 Å². The SMILES string of the molecule is COC(=O)[C@H](C[C@@H]1CCCNC1=O)NC(=O)[C@@H]1CC(C)(C)C[C@]1(N)C(=O)OC(C)(C)C. The minimum absolute atomic E-state index is 0.129. The molecule has 176 valence electrons. The summed E-state index contributed by atoms with van der Waals surface area (Å²) in [6.45, 7) is 9.71. The Morgan fingerprint density at radius 3 is 2.48 bits per heavy atom. The molecule has 0 radical (unpaired) electrons. The van der Waals surface area contributed by atoms with E-state index < -0.39 is 46.9 Å². The van der Waals surface area contributed by atoms with Crippen molar-refractivity contribution >= 4 is 23.8 Å². The van der Waals surface area contributed by atoms with Gasteiger partial charge in [-0.1, -0.05) is 13.8 Å². The van der Waals surface area contributed by atoms with Crippen molar-refractivity contribution < 1.29 is 28.7 Å². The zero-order chi connectivity index (χ0) is 23.6. The lowest BCUT2D eigenvalue weighted by Crippen LogP contribution is -2.59. The lowest BCUT2D eigenvalue weighted by molar-refractivity contribution is -0.165. The highest BCUT2D eigenvalue weighted by Gasteiger charge is 2.57. The Morgan fingerprint density at radius 2 is 1.94 bits per heavy atom. The largest absolute Gasteiger partial charge is 0.467 e. The van der Waals surface area contributed by atoms with E-state index in [4.69, 9.17) is 15.2 Å². The molecule has 0 aromatic rings. The minimum Gasteiger partial charge on any atom is -0.467 e. The lowest BCUT2D eigenvalue weighted by Gasteiger charge is -2.33. The van der Waals surface area contributed by atoms with Gasteiger partial charge in [-0.05, 0) is 58.3 Å². The first-order valence-corrected chi connectivity index (χ1v) is 10.9. The van der Waals surface area contributed by atoms with Crippen molar-refractivity contribution in [3.63, 3.8) is 0 Å². The average molecular weight is 440 g/mol. The van der Waals surface area contributed by atoms with Crippen LogP contribution in [0.15, 0.2) is 0 Å². The number of nitrogens with two attached hydrogens (primary N) is 1. The first-order chi connectivity index (χ1) is 14.2. The van der Waals surface area contributed by atoms with E-state index >= 15 is 0 Å². The number of carbonyl (C=O) groups excluding carboxylic acids is 4. The quantitative estimate of drug-likeness (QED) is 0.526. The predicted molar refractivity (Wildman–Crippen MR) is 114 cm³/mol. The number of rotatable bonds is 6. The zero-order valence-corrected chi connectivity index (χ0v) is 19.5. The highest BCUT2D eigenvalue weighted by atomic mass is 16.6. The van der Waals surface area contributed by atoms with Gasteiger partial charge in [0.25, 0.3) is 0 Å². The Balaban J connectivity index is 2.22. The molecule has 0 unspecified atom stereocenters. The number of esters is 2. The Hall–Kier alpha value is -2.16. The van der Waals surface area contributed by atoms with E-state index in [0.29, 0.717) is 19.4 Å². The summed E-state index contributed by atoms with van der Waals surface area (Å²) >= 11 is 0. The fourth-order valence-electron chi connectivity index (χ4n) is 4.61. The summed E-state index contributed by atoms with van der Waals surface area (Å²) in [5.74, 6) is -3.18. The van der Waals surface area contributed by atoms with Gasteiger partial charge in [-0.2, -0.15) is 0 Å². The Morgan fingerprint density at radius 1 is 1.29 bits per heavy atom. The molecular weight excluding hydrogens is 402 g/mol. The van der Waals surface area contributed by atoms with Crippen molar-refractivity contribution in [3.8, 4) is 0 Å². The number of hydrogen-bond donors (Lipinski definition) is 3. The van der Waals surface area contributed by atoms with Gasteiger partial charge in [-0.25, -0.2) is 4.79 Å². The van der Waals surface area contributed by atoms with Gasteiger partial charge in [-0.15, -0.1) is 0 Å². The van der Waals surface area contributed by atoms with E-state index in [1.807, 2.05) is 13.8 Å². The Bertz CT molecular complexity index is 729. The van der Waals surface area contributed by atoms with E-state index in [1.165, 1.54) is 7.11 Å². The van der Waals surface area contributed by atoms with Crippen LogP contribution in [-0.2, 0) is 28.7 Å². The minimum atomic E-state index is -1.51. The number of methoxy groups -OCH3 is 1. The number of amides is 2. The summed E-state index contributed by atoms with van der Waals surface area (Å²) in [6, 6.07) is -1.00. The van der Waals surface area contributed by atoms with E-state index in [0.717, 1.165) is 6.42 Å². The molecule has 1 aliphatic carbocycles. The highest BCUT2D eigenvalue weighted by Crippen LogP contribution is 2.47. The third kappa shape index (κ3) is 6.18. The van der Waals surface area contributed by atoms with Gasteiger partial charge in [0.1, 0.15) is 17.2 Å². The van der Waals surface area contributed by atoms with Crippen LogP contribution >= 0.6 is 0 Å². The molecule has 2 aliphatic rings. The molecule has 9 nitrogen and oxygen atoms in total. The summed E-state index contributed by atoms with van der Waals surface area (Å²) in [7, 11) is 1.23. The molecule has 0 aromatic heterocycles. The fourth-order valence-corrected chi connectivity index (χ4v) is 4.61. The molecule has 1 aliphatic heterocycles. The molecule has 2 amide bonds. The predicted octanol–water partition coefficient (Wildman–Crippen LogP) is 1.04. The Kier molecular flexibility index (Phi) is 7.40. The lowest BCUT2D eigenvalue weighted by atomic mass is 9.85. The second-order valence-electron chi connectivity index (χ2n) is 10.6. The van der Waals surface area contributed by atoms with Gasteiger partial charge in [0.15, 0.2) is 0 Å². The molecule has 1 heterocycles. The number of hydrogen-bond acceptors (Lipinski definition) is 7. The molecule has 4 atom stereocenters. The summed E-state index contributed by atoms with van der Waals surface area (Å²) in [5.41, 5.74) is 3.88. The van der Waals surface area contributed by atoms with Crippen molar-refractivity contribution in [2.75, 3.05) is 13.7 Å². The zero-order valence-electron chi connectivity index (χ0n) is 19.5. The molecule has 4 N–H and O–H groups in total. The van der Waals surface area contributed by atoms with Gasteiger partial charge >= 0.3 is 11.9 Å². The summed E-state index contributed by atoms with van der Waals surface area (Å²) in [4.78, 5) is 50.7. The summed E-state index contributed by atoms with van der Waals surface area (Å²) in [6.07, 6.45) is 2.21. The first-order valence-electron chi connectivity index (χ1n) is 10.9. The van der Waals surface area contributed by atoms with E-state index in [9.17, 15) is 19.2 Å². The molecular formula is C22H37N3O6. The topological polar surface area (TPSA) is 137 Å².